The Bertz CT molecular complexity index is 648. The van der Waals surface area contributed by atoms with Crippen LogP contribution in [0.1, 0.15) is 19.4 Å². The summed E-state index contributed by atoms with van der Waals surface area (Å²) in [6, 6.07) is 31.1. The second-order valence-corrected chi connectivity index (χ2v) is 4.77. The zero-order valence-electron chi connectivity index (χ0n) is 13.8. The van der Waals surface area contributed by atoms with E-state index in [1.807, 2.05) is 32.0 Å². The fraction of sp³-hybridized carbons (Fsp3) is 0.0909. The third-order valence-electron chi connectivity index (χ3n) is 3.28. The lowest BCUT2D eigenvalue weighted by Crippen LogP contribution is -2.07. The van der Waals surface area contributed by atoms with E-state index in [0.717, 1.165) is 11.4 Å². The summed E-state index contributed by atoms with van der Waals surface area (Å²) in [5.74, 6) is 0. The fourth-order valence-corrected chi connectivity index (χ4v) is 2.22. The molecular formula is C22H23N. The van der Waals surface area contributed by atoms with Gasteiger partial charge >= 0.3 is 0 Å². The van der Waals surface area contributed by atoms with E-state index in [9.17, 15) is 0 Å². The summed E-state index contributed by atoms with van der Waals surface area (Å²) in [7, 11) is 0. The van der Waals surface area contributed by atoms with E-state index >= 15 is 0 Å². The number of hydrogen-bond acceptors (Lipinski definition) is 1. The van der Waals surface area contributed by atoms with Crippen LogP contribution < -0.4 is 4.90 Å². The van der Waals surface area contributed by atoms with E-state index in [2.05, 4.69) is 90.0 Å². The maximum absolute atomic E-state index is 2.19. The van der Waals surface area contributed by atoms with E-state index in [-0.39, 0.29) is 0 Å². The van der Waals surface area contributed by atoms with Crippen molar-refractivity contribution in [3.63, 3.8) is 0 Å². The van der Waals surface area contributed by atoms with Crippen LogP contribution in [0.15, 0.2) is 97.2 Å². The van der Waals surface area contributed by atoms with Gasteiger partial charge in [-0.3, -0.25) is 0 Å². The standard InChI is InChI=1S/C20H17N.C2H6/c1-4-10-18(11-5-1)16-17-21(19-12-6-2-7-13-19)20-14-8-3-9-15-20;1-2/h1-17H;1-2H3/b17-16+;. The number of benzene rings is 3. The fourth-order valence-electron chi connectivity index (χ4n) is 2.22. The maximum Gasteiger partial charge on any atom is 0.0455 e. The molecule has 0 N–H and O–H groups in total. The van der Waals surface area contributed by atoms with Gasteiger partial charge in [0.25, 0.3) is 0 Å². The van der Waals surface area contributed by atoms with Crippen molar-refractivity contribution in [2.24, 2.45) is 0 Å². The third kappa shape index (κ3) is 4.86. The average Bonchev–Trinajstić information content (AvgIpc) is 2.66. The Balaban J connectivity index is 0.000000924. The van der Waals surface area contributed by atoms with Crippen molar-refractivity contribution in [2.45, 2.75) is 13.8 Å². The lowest BCUT2D eigenvalue weighted by atomic mass is 10.2. The Morgan fingerprint density at radius 2 is 0.957 bits per heavy atom. The molecule has 0 aliphatic heterocycles. The number of rotatable bonds is 4. The van der Waals surface area contributed by atoms with Crippen LogP contribution in [0.3, 0.4) is 0 Å². The van der Waals surface area contributed by atoms with Crippen molar-refractivity contribution >= 4 is 17.5 Å². The van der Waals surface area contributed by atoms with E-state index in [1.54, 1.807) is 0 Å². The number of anilines is 2. The Morgan fingerprint density at radius 1 is 0.565 bits per heavy atom. The summed E-state index contributed by atoms with van der Waals surface area (Å²) in [5, 5.41) is 0. The molecular weight excluding hydrogens is 278 g/mol. The number of hydrogen-bond donors (Lipinski definition) is 0. The molecule has 0 saturated heterocycles. The van der Waals surface area contributed by atoms with Crippen LogP contribution in [0.5, 0.6) is 0 Å². The number of para-hydroxylation sites is 2. The van der Waals surface area contributed by atoms with Gasteiger partial charge in [0.15, 0.2) is 0 Å². The molecule has 116 valence electrons. The molecule has 3 rings (SSSR count). The first-order valence-corrected chi connectivity index (χ1v) is 8.06. The molecule has 0 bridgehead atoms. The quantitative estimate of drug-likeness (QED) is 0.530. The Kier molecular flexibility index (Phi) is 6.67. The first-order chi connectivity index (χ1) is 11.4. The monoisotopic (exact) mass is 301 g/mol. The van der Waals surface area contributed by atoms with Crippen LogP contribution in [0, 0.1) is 0 Å². The van der Waals surface area contributed by atoms with Gasteiger partial charge in [-0.2, -0.15) is 0 Å². The highest BCUT2D eigenvalue weighted by molar-refractivity contribution is 5.69. The van der Waals surface area contributed by atoms with Gasteiger partial charge < -0.3 is 4.90 Å². The maximum atomic E-state index is 2.19. The van der Waals surface area contributed by atoms with Crippen LogP contribution in [-0.2, 0) is 0 Å². The molecule has 0 fully saturated rings. The minimum atomic E-state index is 1.15. The van der Waals surface area contributed by atoms with E-state index < -0.39 is 0 Å². The average molecular weight is 301 g/mol. The van der Waals surface area contributed by atoms with Crippen molar-refractivity contribution in [3.05, 3.63) is 103 Å². The summed E-state index contributed by atoms with van der Waals surface area (Å²) >= 11 is 0. The zero-order valence-corrected chi connectivity index (χ0v) is 13.8. The molecule has 0 spiro atoms. The summed E-state index contributed by atoms with van der Waals surface area (Å²) in [4.78, 5) is 2.19. The highest BCUT2D eigenvalue weighted by Crippen LogP contribution is 2.25. The van der Waals surface area contributed by atoms with Crippen LogP contribution in [0.2, 0.25) is 0 Å². The van der Waals surface area contributed by atoms with Crippen molar-refractivity contribution in [1.29, 1.82) is 0 Å². The van der Waals surface area contributed by atoms with Gasteiger partial charge in [0, 0.05) is 17.6 Å². The van der Waals surface area contributed by atoms with Gasteiger partial charge in [0.2, 0.25) is 0 Å². The predicted molar refractivity (Wildman–Crippen MR) is 102 cm³/mol. The van der Waals surface area contributed by atoms with Gasteiger partial charge in [0.1, 0.15) is 0 Å². The van der Waals surface area contributed by atoms with E-state index in [4.69, 9.17) is 0 Å². The third-order valence-corrected chi connectivity index (χ3v) is 3.28. The first-order valence-electron chi connectivity index (χ1n) is 8.06. The van der Waals surface area contributed by atoms with Gasteiger partial charge in [-0.25, -0.2) is 0 Å². The minimum absolute atomic E-state index is 1.15. The second-order valence-electron chi connectivity index (χ2n) is 4.77. The molecule has 0 amide bonds. The first kappa shape index (κ1) is 16.6. The largest absolute Gasteiger partial charge is 0.317 e. The van der Waals surface area contributed by atoms with Gasteiger partial charge in [-0.15, -0.1) is 0 Å². The normalized spacial score (nSPS) is 10.0. The smallest absolute Gasteiger partial charge is 0.0455 e. The Morgan fingerprint density at radius 3 is 1.39 bits per heavy atom. The van der Waals surface area contributed by atoms with Crippen LogP contribution in [-0.4, -0.2) is 0 Å². The van der Waals surface area contributed by atoms with Gasteiger partial charge in [-0.05, 0) is 35.9 Å². The Hall–Kier alpha value is -2.80. The van der Waals surface area contributed by atoms with Gasteiger partial charge in [0.05, 0.1) is 0 Å². The molecule has 3 aromatic carbocycles. The SMILES string of the molecule is C(=C\N(c1ccccc1)c1ccccc1)/c1ccccc1.CC. The molecule has 23 heavy (non-hydrogen) atoms. The number of nitrogens with zero attached hydrogens (tertiary/aromatic N) is 1. The van der Waals surface area contributed by atoms with Crippen LogP contribution >= 0.6 is 0 Å². The molecule has 0 atom stereocenters. The highest BCUT2D eigenvalue weighted by atomic mass is 15.1. The summed E-state index contributed by atoms with van der Waals surface area (Å²) in [6.07, 6.45) is 4.24. The van der Waals surface area contributed by atoms with Crippen LogP contribution in [0.4, 0.5) is 11.4 Å². The lowest BCUT2D eigenvalue weighted by Gasteiger charge is -2.20. The molecule has 1 heteroatoms. The van der Waals surface area contributed by atoms with Crippen molar-refractivity contribution in [1.82, 2.24) is 0 Å². The van der Waals surface area contributed by atoms with Crippen molar-refractivity contribution in [3.8, 4) is 0 Å². The molecule has 0 aromatic heterocycles. The summed E-state index contributed by atoms with van der Waals surface area (Å²) < 4.78 is 0. The van der Waals surface area contributed by atoms with Crippen LogP contribution in [0.25, 0.3) is 6.08 Å². The Labute approximate surface area is 139 Å². The molecule has 0 heterocycles. The summed E-state index contributed by atoms with van der Waals surface area (Å²) in [6.45, 7) is 4.00. The predicted octanol–water partition coefficient (Wildman–Crippen LogP) is 6.52. The topological polar surface area (TPSA) is 3.24 Å². The molecule has 0 saturated carbocycles. The van der Waals surface area contributed by atoms with Gasteiger partial charge in [-0.1, -0.05) is 80.6 Å². The molecule has 0 unspecified atom stereocenters. The molecule has 0 aliphatic rings. The van der Waals surface area contributed by atoms with E-state index in [0.29, 0.717) is 0 Å². The summed E-state index contributed by atoms with van der Waals surface area (Å²) in [5.41, 5.74) is 3.49. The lowest BCUT2D eigenvalue weighted by molar-refractivity contribution is 1.29. The van der Waals surface area contributed by atoms with Crippen molar-refractivity contribution in [2.75, 3.05) is 4.90 Å². The molecule has 0 aliphatic carbocycles. The molecule has 1 nitrogen and oxygen atoms in total. The second kappa shape index (κ2) is 9.26. The van der Waals surface area contributed by atoms with E-state index in [1.165, 1.54) is 5.56 Å². The van der Waals surface area contributed by atoms with Crippen molar-refractivity contribution < 1.29 is 0 Å². The minimum Gasteiger partial charge on any atom is -0.317 e. The highest BCUT2D eigenvalue weighted by Gasteiger charge is 2.04. The molecule has 0 radical (unpaired) electrons. The molecule has 3 aromatic rings. The zero-order chi connectivity index (χ0) is 16.3.